The van der Waals surface area contributed by atoms with E-state index >= 15 is 0 Å². The van der Waals surface area contributed by atoms with Crippen molar-refractivity contribution in [3.63, 3.8) is 0 Å². The van der Waals surface area contributed by atoms with Crippen LogP contribution in [0.25, 0.3) is 22.3 Å². The molecule has 0 saturated heterocycles. The largest absolute Gasteiger partial charge is 0.508 e. The average Bonchev–Trinajstić information content (AvgIpc) is 3.13. The summed E-state index contributed by atoms with van der Waals surface area (Å²) in [6.07, 6.45) is 3.48. The molecule has 0 aliphatic carbocycles. The number of esters is 1. The highest BCUT2D eigenvalue weighted by Gasteiger charge is 2.34. The summed E-state index contributed by atoms with van der Waals surface area (Å²) in [5, 5.41) is 24.2. The molecule has 5 rings (SSSR count). The zero-order valence-electron chi connectivity index (χ0n) is 15.8. The van der Waals surface area contributed by atoms with Crippen molar-refractivity contribution in [1.29, 1.82) is 0 Å². The van der Waals surface area contributed by atoms with Crippen molar-refractivity contribution in [3.05, 3.63) is 70.1 Å². The Labute approximate surface area is 169 Å². The normalized spacial score (nSPS) is 15.8. The molecule has 1 atom stereocenters. The van der Waals surface area contributed by atoms with Crippen LogP contribution in [0.3, 0.4) is 0 Å². The topological polar surface area (TPSA) is 115 Å². The third kappa shape index (κ3) is 2.81. The van der Waals surface area contributed by atoms with Gasteiger partial charge in [0.1, 0.15) is 34.0 Å². The highest BCUT2D eigenvalue weighted by Crippen LogP contribution is 2.45. The molecule has 2 aromatic heterocycles. The van der Waals surface area contributed by atoms with E-state index in [-0.39, 0.29) is 40.4 Å². The number of aromatic nitrogens is 2. The number of nitrogens with zero attached hydrogens (tertiary/aromatic N) is 2. The Bertz CT molecular complexity index is 1370. The number of phenols is 2. The van der Waals surface area contributed by atoms with Crippen LogP contribution in [-0.2, 0) is 11.8 Å². The van der Waals surface area contributed by atoms with Crippen LogP contribution in [0.15, 0.2) is 58.0 Å². The Morgan fingerprint density at radius 3 is 2.60 bits per heavy atom. The minimum absolute atomic E-state index is 0.0168. The molecule has 8 nitrogen and oxygen atoms in total. The fourth-order valence-electron chi connectivity index (χ4n) is 3.83. The number of ether oxygens (including phenoxy) is 1. The van der Waals surface area contributed by atoms with Gasteiger partial charge in [0.05, 0.1) is 12.6 Å². The van der Waals surface area contributed by atoms with Gasteiger partial charge in [-0.05, 0) is 29.8 Å². The zero-order chi connectivity index (χ0) is 21.0. The van der Waals surface area contributed by atoms with Gasteiger partial charge in [-0.2, -0.15) is 5.10 Å². The van der Waals surface area contributed by atoms with E-state index in [0.29, 0.717) is 11.1 Å². The van der Waals surface area contributed by atoms with Crippen LogP contribution >= 0.6 is 0 Å². The van der Waals surface area contributed by atoms with Crippen LogP contribution in [-0.4, -0.2) is 26.0 Å². The predicted molar refractivity (Wildman–Crippen MR) is 107 cm³/mol. The van der Waals surface area contributed by atoms with E-state index in [9.17, 15) is 19.8 Å². The Balaban J connectivity index is 1.82. The van der Waals surface area contributed by atoms with E-state index in [2.05, 4.69) is 5.10 Å². The summed E-state index contributed by atoms with van der Waals surface area (Å²) < 4.78 is 13.1. The first-order chi connectivity index (χ1) is 14.4. The van der Waals surface area contributed by atoms with Crippen molar-refractivity contribution in [3.8, 4) is 28.6 Å². The van der Waals surface area contributed by atoms with E-state index in [1.54, 1.807) is 36.3 Å². The van der Waals surface area contributed by atoms with Gasteiger partial charge in [-0.1, -0.05) is 0 Å². The SMILES string of the molecule is Cn1cc([C@H]2CC(=O)Oc3cc(O)c4c(=O)cc(-c5ccc(O)cc5)oc4c32)cn1. The number of rotatable bonds is 2. The number of phenolic OH excluding ortho intramolecular Hbond substituents is 2. The molecule has 4 aromatic rings. The highest BCUT2D eigenvalue weighted by molar-refractivity contribution is 5.93. The maximum atomic E-state index is 12.9. The molecule has 1 aliphatic rings. The smallest absolute Gasteiger partial charge is 0.312 e. The Hall–Kier alpha value is -4.07. The molecule has 30 heavy (non-hydrogen) atoms. The average molecular weight is 404 g/mol. The van der Waals surface area contributed by atoms with Crippen LogP contribution in [0.4, 0.5) is 0 Å². The van der Waals surface area contributed by atoms with Crippen molar-refractivity contribution < 1.29 is 24.2 Å². The number of carbonyl (C=O) groups excluding carboxylic acids is 1. The fourth-order valence-corrected chi connectivity index (χ4v) is 3.83. The molecular formula is C22H16N2O6. The Kier molecular flexibility index (Phi) is 3.89. The third-order valence-electron chi connectivity index (χ3n) is 5.20. The number of hydrogen-bond donors (Lipinski definition) is 2. The lowest BCUT2D eigenvalue weighted by atomic mass is 9.86. The first-order valence-corrected chi connectivity index (χ1v) is 9.23. The maximum Gasteiger partial charge on any atom is 0.312 e. The van der Waals surface area contributed by atoms with Crippen molar-refractivity contribution >= 4 is 16.9 Å². The second-order valence-electron chi connectivity index (χ2n) is 7.21. The van der Waals surface area contributed by atoms with E-state index in [4.69, 9.17) is 9.15 Å². The van der Waals surface area contributed by atoms with Crippen molar-refractivity contribution in [2.24, 2.45) is 7.05 Å². The first-order valence-electron chi connectivity index (χ1n) is 9.23. The molecular weight excluding hydrogens is 388 g/mol. The van der Waals surface area contributed by atoms with Crippen LogP contribution in [0.2, 0.25) is 0 Å². The molecule has 8 heteroatoms. The van der Waals surface area contributed by atoms with Crippen LogP contribution in [0, 0.1) is 0 Å². The molecule has 2 N–H and O–H groups in total. The first kappa shape index (κ1) is 18.0. The van der Waals surface area contributed by atoms with Gasteiger partial charge in [-0.15, -0.1) is 0 Å². The van der Waals surface area contributed by atoms with Gasteiger partial charge >= 0.3 is 5.97 Å². The lowest BCUT2D eigenvalue weighted by molar-refractivity contribution is -0.135. The quantitative estimate of drug-likeness (QED) is 0.390. The van der Waals surface area contributed by atoms with Crippen LogP contribution < -0.4 is 10.2 Å². The fraction of sp³-hybridized carbons (Fsp3) is 0.136. The number of aryl methyl sites for hydroxylation is 1. The van der Waals surface area contributed by atoms with E-state index in [0.717, 1.165) is 5.56 Å². The van der Waals surface area contributed by atoms with Gasteiger partial charge < -0.3 is 19.4 Å². The summed E-state index contributed by atoms with van der Waals surface area (Å²) in [6, 6.07) is 8.76. The number of carbonyl (C=O) groups is 1. The molecule has 0 amide bonds. The maximum absolute atomic E-state index is 12.9. The monoisotopic (exact) mass is 404 g/mol. The summed E-state index contributed by atoms with van der Waals surface area (Å²) in [6.45, 7) is 0. The number of benzene rings is 2. The zero-order valence-corrected chi connectivity index (χ0v) is 15.8. The van der Waals surface area contributed by atoms with Crippen molar-refractivity contribution in [2.45, 2.75) is 12.3 Å². The highest BCUT2D eigenvalue weighted by atomic mass is 16.5. The molecule has 1 aliphatic heterocycles. The number of hydrogen-bond acceptors (Lipinski definition) is 7. The van der Waals surface area contributed by atoms with E-state index in [1.807, 2.05) is 0 Å². The summed E-state index contributed by atoms with van der Waals surface area (Å²) in [5.41, 5.74) is 1.58. The second kappa shape index (κ2) is 6.48. The molecule has 0 spiro atoms. The van der Waals surface area contributed by atoms with Crippen molar-refractivity contribution in [1.82, 2.24) is 9.78 Å². The van der Waals surface area contributed by atoms with Gasteiger partial charge in [0.15, 0.2) is 5.43 Å². The molecule has 0 fully saturated rings. The molecule has 0 bridgehead atoms. The molecule has 0 radical (unpaired) electrons. The standard InChI is InChI=1S/C22H16N2O6/c1-24-10-12(9-23-24)14-6-19(28)29-18-8-16(27)21-15(26)7-17(30-22(21)20(14)18)11-2-4-13(25)5-3-11/h2-5,7-10,14,25,27H,6H2,1H3/t14-/m1/s1. The van der Waals surface area contributed by atoms with E-state index < -0.39 is 17.3 Å². The van der Waals surface area contributed by atoms with E-state index in [1.165, 1.54) is 24.3 Å². The number of fused-ring (bicyclic) bond motifs is 3. The summed E-state index contributed by atoms with van der Waals surface area (Å²) >= 11 is 0. The lowest BCUT2D eigenvalue weighted by Crippen LogP contribution is -2.21. The summed E-state index contributed by atoms with van der Waals surface area (Å²) in [4.78, 5) is 25.1. The van der Waals surface area contributed by atoms with Gasteiger partial charge in [0.2, 0.25) is 0 Å². The van der Waals surface area contributed by atoms with Crippen molar-refractivity contribution in [2.75, 3.05) is 0 Å². The molecule has 2 aromatic carbocycles. The Morgan fingerprint density at radius 2 is 1.90 bits per heavy atom. The predicted octanol–water partition coefficient (Wildman–Crippen LogP) is 3.05. The minimum Gasteiger partial charge on any atom is -0.508 e. The Morgan fingerprint density at radius 1 is 1.13 bits per heavy atom. The van der Waals surface area contributed by atoms with Crippen LogP contribution in [0.5, 0.6) is 17.2 Å². The second-order valence-corrected chi connectivity index (χ2v) is 7.21. The lowest BCUT2D eigenvalue weighted by Gasteiger charge is -2.25. The third-order valence-corrected chi connectivity index (χ3v) is 5.20. The van der Waals surface area contributed by atoms with Gasteiger partial charge in [-0.25, -0.2) is 0 Å². The summed E-state index contributed by atoms with van der Waals surface area (Å²) in [7, 11) is 1.77. The van der Waals surface area contributed by atoms with Crippen LogP contribution in [0.1, 0.15) is 23.5 Å². The van der Waals surface area contributed by atoms with Gasteiger partial charge in [0.25, 0.3) is 0 Å². The number of aromatic hydroxyl groups is 2. The summed E-state index contributed by atoms with van der Waals surface area (Å²) in [5.74, 6) is -0.725. The van der Waals surface area contributed by atoms with Gasteiger partial charge in [0, 0.05) is 42.4 Å². The molecule has 3 heterocycles. The minimum atomic E-state index is -0.452. The molecule has 0 unspecified atom stereocenters. The van der Waals surface area contributed by atoms with Gasteiger partial charge in [-0.3, -0.25) is 14.3 Å². The molecule has 150 valence electrons. The molecule has 0 saturated carbocycles.